The topological polar surface area (TPSA) is 63.4 Å². The molecule has 0 saturated carbocycles. The third-order valence-electron chi connectivity index (χ3n) is 3.38. The molecule has 0 spiro atoms. The van der Waals surface area contributed by atoms with E-state index in [1.165, 1.54) is 24.3 Å². The fraction of sp³-hybridized carbons (Fsp3) is 0.250. The smallest absolute Gasteiger partial charge is 0.238 e. The Labute approximate surface area is 140 Å². The fourth-order valence-corrected chi connectivity index (χ4v) is 3.08. The Morgan fingerprint density at radius 3 is 2.22 bits per heavy atom. The fourth-order valence-electron chi connectivity index (χ4n) is 2.16. The molecule has 2 rings (SSSR count). The number of rotatable bonds is 7. The highest BCUT2D eigenvalue weighted by Crippen LogP contribution is 2.20. The monoisotopic (exact) mass is 354 g/mol. The number of hydrogen-bond acceptors (Lipinski definition) is 4. The minimum absolute atomic E-state index is 0.0906. The SMILES string of the molecule is CSCCN(Cc1ccc(F)cc1)c1ccc(S(N)(=O)=O)cc1. The molecule has 0 heterocycles. The van der Waals surface area contributed by atoms with Crippen LogP contribution in [0.5, 0.6) is 0 Å². The first-order valence-corrected chi connectivity index (χ1v) is 9.95. The van der Waals surface area contributed by atoms with Gasteiger partial charge in [-0.05, 0) is 48.2 Å². The van der Waals surface area contributed by atoms with Gasteiger partial charge < -0.3 is 4.90 Å². The second-order valence-electron chi connectivity index (χ2n) is 5.08. The van der Waals surface area contributed by atoms with Gasteiger partial charge in [-0.1, -0.05) is 12.1 Å². The molecule has 2 aromatic carbocycles. The van der Waals surface area contributed by atoms with Gasteiger partial charge in [0.15, 0.2) is 0 Å². The van der Waals surface area contributed by atoms with Crippen molar-refractivity contribution in [3.63, 3.8) is 0 Å². The molecule has 0 aromatic heterocycles. The van der Waals surface area contributed by atoms with Crippen LogP contribution < -0.4 is 10.0 Å². The summed E-state index contributed by atoms with van der Waals surface area (Å²) in [5.41, 5.74) is 1.89. The zero-order valence-electron chi connectivity index (χ0n) is 12.8. The summed E-state index contributed by atoms with van der Waals surface area (Å²) in [5.74, 6) is 0.667. The van der Waals surface area contributed by atoms with E-state index in [1.807, 2.05) is 6.26 Å². The van der Waals surface area contributed by atoms with E-state index in [4.69, 9.17) is 5.14 Å². The highest BCUT2D eigenvalue weighted by molar-refractivity contribution is 7.98. The second-order valence-corrected chi connectivity index (χ2v) is 7.63. The van der Waals surface area contributed by atoms with E-state index in [0.29, 0.717) is 6.54 Å². The zero-order valence-corrected chi connectivity index (χ0v) is 14.4. The van der Waals surface area contributed by atoms with Crippen molar-refractivity contribution in [2.24, 2.45) is 5.14 Å². The quantitative estimate of drug-likeness (QED) is 0.830. The minimum atomic E-state index is -3.69. The molecule has 0 atom stereocenters. The molecule has 0 aliphatic heterocycles. The molecule has 124 valence electrons. The van der Waals surface area contributed by atoms with Gasteiger partial charge in [0.05, 0.1) is 4.90 Å². The Bertz CT molecular complexity index is 732. The summed E-state index contributed by atoms with van der Waals surface area (Å²) >= 11 is 1.73. The van der Waals surface area contributed by atoms with Crippen LogP contribution in [0.1, 0.15) is 5.56 Å². The van der Waals surface area contributed by atoms with Crippen LogP contribution in [0, 0.1) is 5.82 Å². The van der Waals surface area contributed by atoms with E-state index in [1.54, 1.807) is 36.0 Å². The number of nitrogens with zero attached hydrogens (tertiary/aromatic N) is 1. The van der Waals surface area contributed by atoms with Crippen molar-refractivity contribution < 1.29 is 12.8 Å². The summed E-state index contributed by atoms with van der Waals surface area (Å²) in [6, 6.07) is 12.9. The lowest BCUT2D eigenvalue weighted by molar-refractivity contribution is 0.598. The van der Waals surface area contributed by atoms with Crippen molar-refractivity contribution in [3.8, 4) is 0 Å². The Kier molecular flexibility index (Phi) is 6.04. The van der Waals surface area contributed by atoms with Crippen LogP contribution >= 0.6 is 11.8 Å². The molecule has 4 nitrogen and oxygen atoms in total. The maximum absolute atomic E-state index is 13.0. The third-order valence-corrected chi connectivity index (χ3v) is 4.90. The number of hydrogen-bond donors (Lipinski definition) is 1. The lowest BCUT2D eigenvalue weighted by Gasteiger charge is -2.25. The molecule has 0 aliphatic carbocycles. The van der Waals surface area contributed by atoms with Crippen LogP contribution in [0.2, 0.25) is 0 Å². The van der Waals surface area contributed by atoms with Gasteiger partial charge in [0.2, 0.25) is 10.0 Å². The second kappa shape index (κ2) is 7.81. The number of primary sulfonamides is 1. The third kappa shape index (κ3) is 5.23. The van der Waals surface area contributed by atoms with Crippen molar-refractivity contribution in [1.29, 1.82) is 0 Å². The molecule has 7 heteroatoms. The number of thioether (sulfide) groups is 1. The van der Waals surface area contributed by atoms with Gasteiger partial charge in [0, 0.05) is 24.5 Å². The Balaban J connectivity index is 2.21. The van der Waals surface area contributed by atoms with Crippen LogP contribution in [0.15, 0.2) is 53.4 Å². The van der Waals surface area contributed by atoms with Crippen molar-refractivity contribution in [2.75, 3.05) is 23.5 Å². The first-order chi connectivity index (χ1) is 10.9. The zero-order chi connectivity index (χ0) is 16.9. The lowest BCUT2D eigenvalue weighted by atomic mass is 10.2. The minimum Gasteiger partial charge on any atom is -0.366 e. The van der Waals surface area contributed by atoms with Crippen LogP contribution in [-0.2, 0) is 16.6 Å². The average molecular weight is 354 g/mol. The average Bonchev–Trinajstić information content (AvgIpc) is 2.52. The predicted molar refractivity (Wildman–Crippen MR) is 93.6 cm³/mol. The molecule has 0 radical (unpaired) electrons. The molecule has 0 amide bonds. The van der Waals surface area contributed by atoms with E-state index < -0.39 is 10.0 Å². The summed E-state index contributed by atoms with van der Waals surface area (Å²) in [5, 5.41) is 5.12. The van der Waals surface area contributed by atoms with Crippen molar-refractivity contribution in [2.45, 2.75) is 11.4 Å². The van der Waals surface area contributed by atoms with E-state index in [0.717, 1.165) is 23.5 Å². The maximum atomic E-state index is 13.0. The van der Waals surface area contributed by atoms with Crippen LogP contribution in [0.3, 0.4) is 0 Å². The van der Waals surface area contributed by atoms with Crippen LogP contribution in [0.25, 0.3) is 0 Å². The molecular weight excluding hydrogens is 335 g/mol. The normalized spacial score (nSPS) is 11.4. The van der Waals surface area contributed by atoms with Crippen LogP contribution in [-0.4, -0.2) is 27.0 Å². The van der Waals surface area contributed by atoms with Gasteiger partial charge >= 0.3 is 0 Å². The first kappa shape index (κ1) is 17.8. The van der Waals surface area contributed by atoms with Gasteiger partial charge in [-0.25, -0.2) is 17.9 Å². The molecule has 0 fully saturated rings. The van der Waals surface area contributed by atoms with Crippen molar-refractivity contribution >= 4 is 27.5 Å². The highest BCUT2D eigenvalue weighted by Gasteiger charge is 2.11. The summed E-state index contributed by atoms with van der Waals surface area (Å²) in [4.78, 5) is 2.21. The molecule has 0 bridgehead atoms. The van der Waals surface area contributed by atoms with E-state index in [2.05, 4.69) is 4.90 Å². The van der Waals surface area contributed by atoms with Crippen molar-refractivity contribution in [1.82, 2.24) is 0 Å². The number of halogens is 1. The van der Waals surface area contributed by atoms with Gasteiger partial charge in [0.25, 0.3) is 0 Å². The van der Waals surface area contributed by atoms with E-state index >= 15 is 0 Å². The number of anilines is 1. The Morgan fingerprint density at radius 1 is 1.09 bits per heavy atom. The van der Waals surface area contributed by atoms with Gasteiger partial charge in [-0.3, -0.25) is 0 Å². The molecular formula is C16H19FN2O2S2. The molecule has 0 saturated heterocycles. The standard InChI is InChI=1S/C16H19FN2O2S2/c1-22-11-10-19(12-13-2-4-14(17)5-3-13)15-6-8-16(9-7-15)23(18,20)21/h2-9H,10-12H2,1H3,(H2,18,20,21). The van der Waals surface area contributed by atoms with E-state index in [-0.39, 0.29) is 10.7 Å². The number of sulfonamides is 1. The van der Waals surface area contributed by atoms with Gasteiger partial charge in [-0.15, -0.1) is 0 Å². The lowest BCUT2D eigenvalue weighted by Crippen LogP contribution is -2.25. The number of nitrogens with two attached hydrogens (primary N) is 1. The molecule has 0 aliphatic rings. The molecule has 0 unspecified atom stereocenters. The largest absolute Gasteiger partial charge is 0.366 e. The number of benzene rings is 2. The molecule has 2 N–H and O–H groups in total. The first-order valence-electron chi connectivity index (χ1n) is 7.01. The van der Waals surface area contributed by atoms with Gasteiger partial charge in [0.1, 0.15) is 5.82 Å². The molecule has 2 aromatic rings. The predicted octanol–water partition coefficient (Wildman–Crippen LogP) is 2.84. The summed E-state index contributed by atoms with van der Waals surface area (Å²) in [7, 11) is -3.69. The Hall–Kier alpha value is -1.57. The highest BCUT2D eigenvalue weighted by atomic mass is 32.2. The summed E-state index contributed by atoms with van der Waals surface area (Å²) in [6.07, 6.45) is 2.03. The van der Waals surface area contributed by atoms with E-state index in [9.17, 15) is 12.8 Å². The van der Waals surface area contributed by atoms with Gasteiger partial charge in [-0.2, -0.15) is 11.8 Å². The summed E-state index contributed by atoms with van der Waals surface area (Å²) < 4.78 is 35.7. The Morgan fingerprint density at radius 2 is 1.70 bits per heavy atom. The van der Waals surface area contributed by atoms with Crippen LogP contribution in [0.4, 0.5) is 10.1 Å². The maximum Gasteiger partial charge on any atom is 0.238 e. The molecule has 23 heavy (non-hydrogen) atoms. The summed E-state index contributed by atoms with van der Waals surface area (Å²) in [6.45, 7) is 1.42. The van der Waals surface area contributed by atoms with Crippen molar-refractivity contribution in [3.05, 3.63) is 59.9 Å².